The van der Waals surface area contributed by atoms with E-state index in [0.29, 0.717) is 6.54 Å². The highest BCUT2D eigenvalue weighted by Crippen LogP contribution is 2.23. The van der Waals surface area contributed by atoms with E-state index in [1.165, 1.54) is 24.8 Å². The molecule has 0 saturated carbocycles. The number of hydrogen-bond acceptors (Lipinski definition) is 4. The summed E-state index contributed by atoms with van der Waals surface area (Å²) >= 11 is 0. The zero-order valence-corrected chi connectivity index (χ0v) is 12.3. The van der Waals surface area contributed by atoms with Gasteiger partial charge in [0, 0.05) is 24.7 Å². The van der Waals surface area contributed by atoms with Gasteiger partial charge in [0.05, 0.1) is 13.7 Å². The highest BCUT2D eigenvalue weighted by Gasteiger charge is 2.20. The van der Waals surface area contributed by atoms with E-state index in [0.717, 1.165) is 30.8 Å². The van der Waals surface area contributed by atoms with Gasteiger partial charge in [0.25, 0.3) is 0 Å². The van der Waals surface area contributed by atoms with Gasteiger partial charge in [0.2, 0.25) is 0 Å². The number of aliphatic hydroxyl groups is 1. The molecule has 1 unspecified atom stereocenters. The average Bonchev–Trinajstić information content (AvgIpc) is 2.72. The monoisotopic (exact) mass is 278 g/mol. The van der Waals surface area contributed by atoms with Crippen molar-refractivity contribution in [2.45, 2.75) is 44.8 Å². The minimum atomic E-state index is 0.248. The van der Waals surface area contributed by atoms with E-state index >= 15 is 0 Å². The largest absolute Gasteiger partial charge is 0.496 e. The fraction of sp³-hybridized carbons (Fsp3) is 0.625. The van der Waals surface area contributed by atoms with Gasteiger partial charge in [-0.3, -0.25) is 4.90 Å². The van der Waals surface area contributed by atoms with Crippen molar-refractivity contribution >= 4 is 0 Å². The molecular formula is C16H26N2O2. The average molecular weight is 278 g/mol. The second-order valence-electron chi connectivity index (χ2n) is 5.51. The molecule has 3 N–H and O–H groups in total. The van der Waals surface area contributed by atoms with Crippen molar-refractivity contribution in [1.82, 2.24) is 4.90 Å². The first-order valence-electron chi connectivity index (χ1n) is 7.49. The topological polar surface area (TPSA) is 58.7 Å². The van der Waals surface area contributed by atoms with Gasteiger partial charge in [0.1, 0.15) is 5.75 Å². The quantitative estimate of drug-likeness (QED) is 0.863. The van der Waals surface area contributed by atoms with Crippen LogP contribution in [0, 0.1) is 0 Å². The normalized spacial score (nSPS) is 20.6. The molecule has 20 heavy (non-hydrogen) atoms. The molecule has 0 aromatic heterocycles. The zero-order chi connectivity index (χ0) is 14.4. The lowest BCUT2D eigenvalue weighted by Gasteiger charge is -2.28. The Hall–Kier alpha value is -1.10. The third-order valence-electron chi connectivity index (χ3n) is 4.17. The number of nitrogens with two attached hydrogens (primary N) is 1. The van der Waals surface area contributed by atoms with Crippen molar-refractivity contribution in [3.05, 3.63) is 29.3 Å². The molecule has 1 aliphatic heterocycles. The van der Waals surface area contributed by atoms with Crippen LogP contribution < -0.4 is 10.5 Å². The van der Waals surface area contributed by atoms with Crippen molar-refractivity contribution in [2.75, 3.05) is 20.3 Å². The molecule has 0 radical (unpaired) electrons. The van der Waals surface area contributed by atoms with Crippen molar-refractivity contribution in [1.29, 1.82) is 0 Å². The molecule has 2 rings (SSSR count). The van der Waals surface area contributed by atoms with Crippen LogP contribution in [0.4, 0.5) is 0 Å². The second-order valence-corrected chi connectivity index (χ2v) is 5.51. The molecule has 1 saturated heterocycles. The minimum Gasteiger partial charge on any atom is -0.496 e. The summed E-state index contributed by atoms with van der Waals surface area (Å²) in [5.74, 6) is 0.861. The van der Waals surface area contributed by atoms with Crippen LogP contribution in [0.3, 0.4) is 0 Å². The Labute approximate surface area is 121 Å². The van der Waals surface area contributed by atoms with Crippen LogP contribution in [0.2, 0.25) is 0 Å². The van der Waals surface area contributed by atoms with E-state index in [1.54, 1.807) is 7.11 Å². The Morgan fingerprint density at radius 1 is 1.35 bits per heavy atom. The molecule has 1 atom stereocenters. The second kappa shape index (κ2) is 7.62. The fourth-order valence-corrected chi connectivity index (χ4v) is 2.94. The van der Waals surface area contributed by atoms with E-state index in [1.807, 2.05) is 6.07 Å². The van der Waals surface area contributed by atoms with E-state index in [9.17, 15) is 5.11 Å². The summed E-state index contributed by atoms with van der Waals surface area (Å²) < 4.78 is 5.40. The van der Waals surface area contributed by atoms with Gasteiger partial charge in [-0.15, -0.1) is 0 Å². The van der Waals surface area contributed by atoms with Crippen LogP contribution in [0.15, 0.2) is 18.2 Å². The number of likely N-dealkylation sites (tertiary alicyclic amines) is 1. The molecule has 1 fully saturated rings. The van der Waals surface area contributed by atoms with Gasteiger partial charge < -0.3 is 15.6 Å². The maximum Gasteiger partial charge on any atom is 0.123 e. The standard InChI is InChI=1S/C16H26N2O2/c1-20-16-9-13(6-7-14(16)10-17)11-18-8-4-2-3-5-15(18)12-19/h6-7,9,15,19H,2-5,8,10-12,17H2,1H3. The molecule has 0 bridgehead atoms. The molecule has 4 heteroatoms. The number of rotatable bonds is 5. The molecule has 1 aliphatic rings. The highest BCUT2D eigenvalue weighted by molar-refractivity contribution is 5.37. The summed E-state index contributed by atoms with van der Waals surface area (Å²) in [4.78, 5) is 2.39. The van der Waals surface area contributed by atoms with Crippen LogP contribution in [0.25, 0.3) is 0 Å². The number of methoxy groups -OCH3 is 1. The zero-order valence-electron chi connectivity index (χ0n) is 12.3. The smallest absolute Gasteiger partial charge is 0.123 e. The number of aliphatic hydroxyl groups excluding tert-OH is 1. The lowest BCUT2D eigenvalue weighted by molar-refractivity contribution is 0.118. The van der Waals surface area contributed by atoms with Gasteiger partial charge in [-0.25, -0.2) is 0 Å². The Kier molecular flexibility index (Phi) is 5.83. The summed E-state index contributed by atoms with van der Waals surface area (Å²) in [5, 5.41) is 9.56. The Balaban J connectivity index is 2.11. The van der Waals surface area contributed by atoms with E-state index in [2.05, 4.69) is 17.0 Å². The van der Waals surface area contributed by atoms with Gasteiger partial charge >= 0.3 is 0 Å². The van der Waals surface area contributed by atoms with Crippen molar-refractivity contribution in [2.24, 2.45) is 5.73 Å². The molecule has 1 aromatic carbocycles. The first-order valence-corrected chi connectivity index (χ1v) is 7.49. The molecule has 4 nitrogen and oxygen atoms in total. The molecule has 0 spiro atoms. The van der Waals surface area contributed by atoms with E-state index < -0.39 is 0 Å². The third-order valence-corrected chi connectivity index (χ3v) is 4.17. The molecule has 0 aliphatic carbocycles. The molecule has 1 heterocycles. The molecule has 0 amide bonds. The summed E-state index contributed by atoms with van der Waals surface area (Å²) in [6, 6.07) is 6.52. The van der Waals surface area contributed by atoms with Crippen LogP contribution in [-0.4, -0.2) is 36.3 Å². The number of hydrogen-bond donors (Lipinski definition) is 2. The van der Waals surface area contributed by atoms with Gasteiger partial charge in [-0.1, -0.05) is 25.0 Å². The lowest BCUT2D eigenvalue weighted by atomic mass is 10.1. The van der Waals surface area contributed by atoms with Crippen molar-refractivity contribution in [3.63, 3.8) is 0 Å². The molecule has 1 aromatic rings. The van der Waals surface area contributed by atoms with Gasteiger partial charge in [0.15, 0.2) is 0 Å². The number of benzene rings is 1. The third kappa shape index (κ3) is 3.72. The minimum absolute atomic E-state index is 0.248. The van der Waals surface area contributed by atoms with Crippen molar-refractivity contribution in [3.8, 4) is 5.75 Å². The first-order chi connectivity index (χ1) is 9.78. The van der Waals surface area contributed by atoms with Crippen LogP contribution in [0.1, 0.15) is 36.8 Å². The van der Waals surface area contributed by atoms with Crippen LogP contribution in [-0.2, 0) is 13.1 Å². The highest BCUT2D eigenvalue weighted by atomic mass is 16.5. The predicted molar refractivity (Wildman–Crippen MR) is 80.6 cm³/mol. The fourth-order valence-electron chi connectivity index (χ4n) is 2.94. The Morgan fingerprint density at radius 2 is 2.20 bits per heavy atom. The summed E-state index contributed by atoms with van der Waals surface area (Å²) in [5.41, 5.74) is 7.96. The van der Waals surface area contributed by atoms with Crippen LogP contribution in [0.5, 0.6) is 5.75 Å². The predicted octanol–water partition coefficient (Wildman–Crippen LogP) is 1.89. The van der Waals surface area contributed by atoms with E-state index in [-0.39, 0.29) is 12.6 Å². The summed E-state index contributed by atoms with van der Waals surface area (Å²) in [6.07, 6.45) is 4.79. The molecule has 112 valence electrons. The number of nitrogens with zero attached hydrogens (tertiary/aromatic N) is 1. The van der Waals surface area contributed by atoms with Gasteiger partial charge in [-0.05, 0) is 31.0 Å². The summed E-state index contributed by atoms with van der Waals surface area (Å²) in [7, 11) is 1.68. The van der Waals surface area contributed by atoms with E-state index in [4.69, 9.17) is 10.5 Å². The lowest BCUT2D eigenvalue weighted by Crippen LogP contribution is -2.36. The SMILES string of the molecule is COc1cc(CN2CCCCCC2CO)ccc1CN. The Morgan fingerprint density at radius 3 is 2.90 bits per heavy atom. The Bertz CT molecular complexity index is 423. The maximum absolute atomic E-state index is 9.56. The van der Waals surface area contributed by atoms with Crippen molar-refractivity contribution < 1.29 is 9.84 Å². The first kappa shape index (κ1) is 15.3. The van der Waals surface area contributed by atoms with Crippen LogP contribution >= 0.6 is 0 Å². The maximum atomic E-state index is 9.56. The summed E-state index contributed by atoms with van der Waals surface area (Å²) in [6.45, 7) is 2.67. The molecular weight excluding hydrogens is 252 g/mol. The van der Waals surface area contributed by atoms with Gasteiger partial charge in [-0.2, -0.15) is 0 Å². The number of ether oxygens (including phenoxy) is 1.